The molecule has 0 spiro atoms. The maximum absolute atomic E-state index is 13.7. The van der Waals surface area contributed by atoms with Crippen LogP contribution in [0.4, 0.5) is 0 Å². The molecule has 2 N–H and O–H groups in total. The van der Waals surface area contributed by atoms with E-state index in [2.05, 4.69) is 0 Å². The van der Waals surface area contributed by atoms with Gasteiger partial charge in [-0.15, -0.1) is 0 Å². The first-order valence-corrected chi connectivity index (χ1v) is 11.3. The normalized spacial score (nSPS) is 10.6. The van der Waals surface area contributed by atoms with Crippen LogP contribution in [0.25, 0.3) is 0 Å². The van der Waals surface area contributed by atoms with Crippen molar-refractivity contribution in [2.45, 2.75) is 53.4 Å². The van der Waals surface area contributed by atoms with Gasteiger partial charge >= 0.3 is 0 Å². The largest absolute Gasteiger partial charge is 0.504 e. The molecule has 2 aromatic carbocycles. The van der Waals surface area contributed by atoms with Gasteiger partial charge < -0.3 is 29.2 Å². The summed E-state index contributed by atoms with van der Waals surface area (Å²) in [5.41, 5.74) is 0.465. The van der Waals surface area contributed by atoms with Crippen molar-refractivity contribution in [1.29, 1.82) is 0 Å². The Morgan fingerprint density at radius 2 is 0.906 bits per heavy atom. The predicted octanol–water partition coefficient (Wildman–Crippen LogP) is 5.48. The number of aromatic hydroxyl groups is 2. The first kappa shape index (κ1) is 25.2. The third kappa shape index (κ3) is 5.99. The number of phenols is 2. The highest BCUT2D eigenvalue weighted by atomic mass is 16.5. The molecule has 176 valence electrons. The number of ketones is 1. The summed E-state index contributed by atoms with van der Waals surface area (Å²) in [6.07, 6.45) is 2.90. The van der Waals surface area contributed by atoms with Crippen LogP contribution in [0.1, 0.15) is 69.3 Å². The maximum Gasteiger partial charge on any atom is 0.204 e. The average Bonchev–Trinajstić information content (AvgIpc) is 2.79. The number of carbonyl (C=O) groups is 1. The first-order valence-electron chi connectivity index (χ1n) is 11.3. The van der Waals surface area contributed by atoms with Crippen LogP contribution in [-0.2, 0) is 0 Å². The summed E-state index contributed by atoms with van der Waals surface area (Å²) >= 11 is 0. The molecule has 2 aromatic rings. The second-order valence-electron chi connectivity index (χ2n) is 7.30. The molecule has 7 heteroatoms. The van der Waals surface area contributed by atoms with E-state index in [4.69, 9.17) is 18.9 Å². The number of rotatable bonds is 14. The SMILES string of the molecule is CCCOc1c(O)ccc(C(=O)c2ccc(O)c(OCCC)c2OCCC)c1OCCC. The fourth-order valence-corrected chi connectivity index (χ4v) is 2.99. The fraction of sp³-hybridized carbons (Fsp3) is 0.480. The van der Waals surface area contributed by atoms with Crippen molar-refractivity contribution in [3.63, 3.8) is 0 Å². The van der Waals surface area contributed by atoms with Gasteiger partial charge in [-0.25, -0.2) is 0 Å². The maximum atomic E-state index is 13.7. The van der Waals surface area contributed by atoms with Crippen LogP contribution in [0.15, 0.2) is 24.3 Å². The lowest BCUT2D eigenvalue weighted by atomic mass is 10.00. The van der Waals surface area contributed by atoms with Crippen LogP contribution < -0.4 is 18.9 Å². The van der Waals surface area contributed by atoms with Crippen LogP contribution in [-0.4, -0.2) is 42.4 Å². The molecule has 0 amide bonds. The molecule has 0 radical (unpaired) electrons. The average molecular weight is 447 g/mol. The molecule has 32 heavy (non-hydrogen) atoms. The van der Waals surface area contributed by atoms with E-state index in [0.717, 1.165) is 25.7 Å². The summed E-state index contributed by atoms with van der Waals surface area (Å²) in [4.78, 5) is 13.7. The molecule has 0 fully saturated rings. The highest BCUT2D eigenvalue weighted by Crippen LogP contribution is 2.44. The molecule has 0 saturated carbocycles. The quantitative estimate of drug-likeness (QED) is 0.371. The van der Waals surface area contributed by atoms with Gasteiger partial charge in [-0.05, 0) is 49.9 Å². The first-order chi connectivity index (χ1) is 15.5. The molecule has 0 atom stereocenters. The van der Waals surface area contributed by atoms with Gasteiger partial charge in [0.2, 0.25) is 17.3 Å². The lowest BCUT2D eigenvalue weighted by molar-refractivity contribution is 0.102. The highest BCUT2D eigenvalue weighted by molar-refractivity contribution is 6.13. The molecule has 0 heterocycles. The Bertz CT molecular complexity index is 821. The summed E-state index contributed by atoms with van der Waals surface area (Å²) < 4.78 is 23.1. The van der Waals surface area contributed by atoms with Crippen LogP contribution in [0.5, 0.6) is 34.5 Å². The van der Waals surface area contributed by atoms with Gasteiger partial charge in [0.05, 0.1) is 37.6 Å². The Hall–Kier alpha value is -3.09. The number of hydrogen-bond donors (Lipinski definition) is 2. The van der Waals surface area contributed by atoms with Gasteiger partial charge in [0.15, 0.2) is 23.0 Å². The van der Waals surface area contributed by atoms with E-state index in [1.54, 1.807) is 0 Å². The Kier molecular flexibility index (Phi) is 9.98. The summed E-state index contributed by atoms with van der Waals surface area (Å²) in [6, 6.07) is 5.84. The molecular formula is C25H34O7. The van der Waals surface area contributed by atoms with Gasteiger partial charge in [-0.2, -0.15) is 0 Å². The molecule has 0 bridgehead atoms. The van der Waals surface area contributed by atoms with Crippen molar-refractivity contribution in [3.05, 3.63) is 35.4 Å². The van der Waals surface area contributed by atoms with E-state index in [1.165, 1.54) is 24.3 Å². The standard InChI is InChI=1S/C25H34O7/c1-5-13-29-22-17(9-11-19(26)24(22)31-15-7-3)21(28)18-10-12-20(27)25(32-16-8-4)23(18)30-14-6-2/h9-12,26-27H,5-8,13-16H2,1-4H3. The number of ether oxygens (including phenoxy) is 4. The smallest absolute Gasteiger partial charge is 0.204 e. The molecule has 0 aliphatic carbocycles. The van der Waals surface area contributed by atoms with Gasteiger partial charge in [-0.3, -0.25) is 4.79 Å². The van der Waals surface area contributed by atoms with Crippen molar-refractivity contribution in [3.8, 4) is 34.5 Å². The summed E-state index contributed by atoms with van der Waals surface area (Å²) in [5.74, 6) is 0.0888. The van der Waals surface area contributed by atoms with Crippen molar-refractivity contribution in [2.24, 2.45) is 0 Å². The van der Waals surface area contributed by atoms with E-state index < -0.39 is 0 Å². The van der Waals surface area contributed by atoms with E-state index >= 15 is 0 Å². The van der Waals surface area contributed by atoms with Crippen LogP contribution in [0.2, 0.25) is 0 Å². The molecule has 7 nitrogen and oxygen atoms in total. The van der Waals surface area contributed by atoms with Crippen molar-refractivity contribution < 1.29 is 34.0 Å². The van der Waals surface area contributed by atoms with Gasteiger partial charge in [0, 0.05) is 0 Å². The minimum Gasteiger partial charge on any atom is -0.504 e. The van der Waals surface area contributed by atoms with E-state index in [1.807, 2.05) is 27.7 Å². The molecule has 0 saturated heterocycles. The fourth-order valence-electron chi connectivity index (χ4n) is 2.99. The third-order valence-corrected chi connectivity index (χ3v) is 4.47. The minimum absolute atomic E-state index is 0.0961. The lowest BCUT2D eigenvalue weighted by Crippen LogP contribution is -2.12. The number of hydrogen-bond acceptors (Lipinski definition) is 7. The Morgan fingerprint density at radius 3 is 1.22 bits per heavy atom. The number of carbonyl (C=O) groups excluding carboxylic acids is 1. The summed E-state index contributed by atoms with van der Waals surface area (Å²) in [6.45, 7) is 9.24. The molecule has 0 aliphatic rings. The van der Waals surface area contributed by atoms with E-state index in [-0.39, 0.29) is 51.4 Å². The van der Waals surface area contributed by atoms with Crippen molar-refractivity contribution in [2.75, 3.05) is 26.4 Å². The summed E-state index contributed by atoms with van der Waals surface area (Å²) in [7, 11) is 0. The van der Waals surface area contributed by atoms with Crippen molar-refractivity contribution >= 4 is 5.78 Å². The van der Waals surface area contributed by atoms with Gasteiger partial charge in [-0.1, -0.05) is 27.7 Å². The topological polar surface area (TPSA) is 94.5 Å². The zero-order valence-electron chi connectivity index (χ0n) is 19.4. The van der Waals surface area contributed by atoms with Crippen molar-refractivity contribution in [1.82, 2.24) is 0 Å². The zero-order chi connectivity index (χ0) is 23.5. The molecule has 2 rings (SSSR count). The Labute approximate surface area is 189 Å². The highest BCUT2D eigenvalue weighted by Gasteiger charge is 2.27. The lowest BCUT2D eigenvalue weighted by Gasteiger charge is -2.19. The van der Waals surface area contributed by atoms with Gasteiger partial charge in [0.1, 0.15) is 0 Å². The Morgan fingerprint density at radius 1 is 0.594 bits per heavy atom. The van der Waals surface area contributed by atoms with Gasteiger partial charge in [0.25, 0.3) is 0 Å². The molecule has 0 unspecified atom stereocenters. The molecule has 0 aliphatic heterocycles. The Balaban J connectivity index is 2.62. The van der Waals surface area contributed by atoms with E-state index in [9.17, 15) is 15.0 Å². The third-order valence-electron chi connectivity index (χ3n) is 4.47. The zero-order valence-corrected chi connectivity index (χ0v) is 19.4. The van der Waals surface area contributed by atoms with E-state index in [0.29, 0.717) is 26.4 Å². The molecule has 0 aromatic heterocycles. The van der Waals surface area contributed by atoms with Crippen LogP contribution in [0, 0.1) is 0 Å². The second-order valence-corrected chi connectivity index (χ2v) is 7.30. The predicted molar refractivity (Wildman–Crippen MR) is 123 cm³/mol. The van der Waals surface area contributed by atoms with Crippen LogP contribution in [0.3, 0.4) is 0 Å². The number of benzene rings is 2. The van der Waals surface area contributed by atoms with Crippen LogP contribution >= 0.6 is 0 Å². The molecular weight excluding hydrogens is 412 g/mol. The minimum atomic E-state index is -0.384. The summed E-state index contributed by atoms with van der Waals surface area (Å²) in [5, 5.41) is 20.7. The second kappa shape index (κ2) is 12.7. The monoisotopic (exact) mass is 446 g/mol. The number of phenolic OH excluding ortho intramolecular Hbond substituents is 2.